The van der Waals surface area contributed by atoms with E-state index < -0.39 is 5.41 Å². The average Bonchev–Trinajstić information content (AvgIpc) is 1.55. The van der Waals surface area contributed by atoms with Crippen LogP contribution in [0.1, 0.15) is 94.5 Å². The SMILES string of the molecule is CC1(C)c2cc(C=Cc3ccc4c(c3)C(c3ccccc3)(c3ccccc3)c3cc(C=Cc5ccc6c(c5)C(C)(C)c5cc(N(c7ccc8ccccc8c7)c7ccc8ccccc8c7)ccc5-6)ccc3-4)ccc2-c2ccc(N(c3ccc4ccccc4c3)c3ccc4ccccc4c3)cc21. The molecule has 2 heteroatoms. The minimum atomic E-state index is -0.582. The summed E-state index contributed by atoms with van der Waals surface area (Å²) >= 11 is 0. The third-order valence-electron chi connectivity index (χ3n) is 22.4. The lowest BCUT2D eigenvalue weighted by molar-refractivity contribution is 0.660. The molecule has 19 rings (SSSR count). The molecule has 478 valence electrons. The van der Waals surface area contributed by atoms with Gasteiger partial charge in [-0.2, -0.15) is 0 Å². The second kappa shape index (κ2) is 23.4. The number of nitrogens with zero attached hydrogens (tertiary/aromatic N) is 2. The van der Waals surface area contributed by atoms with Crippen molar-refractivity contribution in [3.8, 4) is 33.4 Å². The Balaban J connectivity index is 0.636. The van der Waals surface area contributed by atoms with Crippen molar-refractivity contribution >= 4 is 102 Å². The minimum Gasteiger partial charge on any atom is -0.310 e. The largest absolute Gasteiger partial charge is 0.310 e. The molecule has 0 radical (unpaired) electrons. The van der Waals surface area contributed by atoms with Gasteiger partial charge in [0.1, 0.15) is 0 Å². The summed E-state index contributed by atoms with van der Waals surface area (Å²) < 4.78 is 0. The van der Waals surface area contributed by atoms with Crippen LogP contribution >= 0.6 is 0 Å². The predicted octanol–water partition coefficient (Wildman–Crippen LogP) is 26.6. The van der Waals surface area contributed by atoms with Crippen LogP contribution in [0.5, 0.6) is 0 Å². The first-order valence-electron chi connectivity index (χ1n) is 35.4. The van der Waals surface area contributed by atoms with E-state index in [0.29, 0.717) is 0 Å². The van der Waals surface area contributed by atoms with Gasteiger partial charge in [0.15, 0.2) is 0 Å². The van der Waals surface area contributed by atoms with Crippen LogP contribution in [0.3, 0.4) is 0 Å². The van der Waals surface area contributed by atoms with Gasteiger partial charge in [-0.15, -0.1) is 0 Å². The number of anilines is 6. The molecule has 0 saturated heterocycles. The molecule has 0 unspecified atom stereocenters. The van der Waals surface area contributed by atoms with Crippen molar-refractivity contribution < 1.29 is 0 Å². The molecule has 0 N–H and O–H groups in total. The molecule has 0 amide bonds. The second-order valence-electron chi connectivity index (χ2n) is 28.9. The monoisotopic (exact) mass is 1290 g/mol. The van der Waals surface area contributed by atoms with Gasteiger partial charge >= 0.3 is 0 Å². The van der Waals surface area contributed by atoms with Gasteiger partial charge in [0.2, 0.25) is 0 Å². The van der Waals surface area contributed by atoms with Gasteiger partial charge in [0, 0.05) is 45.0 Å². The first-order valence-corrected chi connectivity index (χ1v) is 35.4. The summed E-state index contributed by atoms with van der Waals surface area (Å²) in [7, 11) is 0. The zero-order valence-corrected chi connectivity index (χ0v) is 57.0. The lowest BCUT2D eigenvalue weighted by Gasteiger charge is -2.34. The van der Waals surface area contributed by atoms with Crippen LogP contribution in [0, 0.1) is 0 Å². The zero-order valence-electron chi connectivity index (χ0n) is 57.0. The Morgan fingerprint density at radius 3 is 0.733 bits per heavy atom. The summed E-state index contributed by atoms with van der Waals surface area (Å²) in [5.74, 6) is 0. The van der Waals surface area contributed by atoms with E-state index >= 15 is 0 Å². The van der Waals surface area contributed by atoms with E-state index in [4.69, 9.17) is 0 Å². The predicted molar refractivity (Wildman–Crippen MR) is 429 cm³/mol. The standard InChI is InChI=1S/C99H72N2/c1-97(2)91-55-65(35-49-85(91)87-53-47-83(63-93(87)97)100(79-43-39-69-19-11-15-23-73(69)59-79)80-44-40-70-20-12-16-24-74(70)60-80)31-33-67-37-51-89-90-52-38-68(58-96(90)99(95(89)57-67,77-27-7-5-8-28-77)78-29-9-6-10-30-78)34-32-66-36-50-86-88-54-48-84(64-94(88)98(3,4)92(86)56-66)101(81-45-41-71-21-13-17-25-75(71)61-81)82-46-42-72-22-14-18-26-76(72)62-82/h5-64H,1-4H3. The smallest absolute Gasteiger partial charge is 0.0713 e. The van der Waals surface area contributed by atoms with Crippen molar-refractivity contribution in [2.24, 2.45) is 0 Å². The van der Waals surface area contributed by atoms with Gasteiger partial charge in [-0.25, -0.2) is 0 Å². The molecule has 0 aliphatic heterocycles. The van der Waals surface area contributed by atoms with E-state index in [-0.39, 0.29) is 10.8 Å². The number of rotatable bonds is 12. The van der Waals surface area contributed by atoms with Crippen LogP contribution in [-0.4, -0.2) is 0 Å². The molecule has 0 atom stereocenters. The highest BCUT2D eigenvalue weighted by atomic mass is 15.1. The number of fused-ring (bicyclic) bond motifs is 13. The highest BCUT2D eigenvalue weighted by Crippen LogP contribution is 2.58. The summed E-state index contributed by atoms with van der Waals surface area (Å²) in [5, 5.41) is 9.81. The summed E-state index contributed by atoms with van der Waals surface area (Å²) in [6.45, 7) is 9.59. The quantitative estimate of drug-likeness (QED) is 0.113. The first-order chi connectivity index (χ1) is 49.5. The Morgan fingerprint density at radius 2 is 0.426 bits per heavy atom. The van der Waals surface area contributed by atoms with E-state index in [9.17, 15) is 0 Å². The third-order valence-corrected chi connectivity index (χ3v) is 22.4. The maximum absolute atomic E-state index is 2.46. The highest BCUT2D eigenvalue weighted by Gasteiger charge is 2.46. The molecule has 0 bridgehead atoms. The van der Waals surface area contributed by atoms with E-state index in [1.54, 1.807) is 0 Å². The van der Waals surface area contributed by atoms with Gasteiger partial charge in [-0.3, -0.25) is 0 Å². The lowest BCUT2D eigenvalue weighted by atomic mass is 9.67. The Bertz CT molecular complexity index is 5570. The molecule has 0 heterocycles. The molecule has 16 aromatic carbocycles. The zero-order chi connectivity index (χ0) is 67.6. The average molecular weight is 1290 g/mol. The van der Waals surface area contributed by atoms with E-state index in [1.165, 1.54) is 132 Å². The fourth-order valence-corrected chi connectivity index (χ4v) is 17.2. The first kappa shape index (κ1) is 59.9. The van der Waals surface area contributed by atoms with Crippen LogP contribution in [0.4, 0.5) is 34.1 Å². The molecule has 0 spiro atoms. The number of hydrogen-bond donors (Lipinski definition) is 0. The van der Waals surface area contributed by atoms with E-state index in [0.717, 1.165) is 45.3 Å². The fraction of sp³-hybridized carbons (Fsp3) is 0.0707. The summed E-state index contributed by atoms with van der Waals surface area (Å²) in [6.07, 6.45) is 9.27. The molecule has 0 fully saturated rings. The topological polar surface area (TPSA) is 6.48 Å². The molecule has 3 aliphatic rings. The lowest BCUT2D eigenvalue weighted by Crippen LogP contribution is -2.28. The van der Waals surface area contributed by atoms with Crippen molar-refractivity contribution in [1.29, 1.82) is 0 Å². The molecule has 0 aromatic heterocycles. The van der Waals surface area contributed by atoms with Crippen LogP contribution in [0.25, 0.3) is 101 Å². The third kappa shape index (κ3) is 9.84. The molecule has 3 aliphatic carbocycles. The molecule has 16 aromatic rings. The number of benzene rings is 16. The van der Waals surface area contributed by atoms with Crippen molar-refractivity contribution in [2.75, 3.05) is 9.80 Å². The van der Waals surface area contributed by atoms with Crippen molar-refractivity contribution in [2.45, 2.75) is 43.9 Å². The van der Waals surface area contributed by atoms with Crippen molar-refractivity contribution in [1.82, 2.24) is 0 Å². The fourth-order valence-electron chi connectivity index (χ4n) is 17.2. The van der Waals surface area contributed by atoms with Crippen LogP contribution in [0.2, 0.25) is 0 Å². The summed E-state index contributed by atoms with van der Waals surface area (Å²) in [4.78, 5) is 4.86. The normalized spacial score (nSPS) is 14.1. The molecule has 0 saturated carbocycles. The minimum absolute atomic E-state index is 0.249. The number of hydrogen-bond acceptors (Lipinski definition) is 2. The summed E-state index contributed by atoms with van der Waals surface area (Å²) in [6, 6.07) is 127. The second-order valence-corrected chi connectivity index (χ2v) is 28.9. The van der Waals surface area contributed by atoms with Crippen LogP contribution in [-0.2, 0) is 16.2 Å². The van der Waals surface area contributed by atoms with Gasteiger partial charge in [0.25, 0.3) is 0 Å². The Labute approximate surface area is 591 Å². The van der Waals surface area contributed by atoms with Gasteiger partial charge in [-0.1, -0.05) is 307 Å². The van der Waals surface area contributed by atoms with E-state index in [2.05, 4.69) is 402 Å². The Kier molecular flexibility index (Phi) is 13.9. The van der Waals surface area contributed by atoms with Crippen LogP contribution < -0.4 is 9.80 Å². The Morgan fingerprint density at radius 1 is 0.198 bits per heavy atom. The van der Waals surface area contributed by atoms with Gasteiger partial charge in [-0.05, 0) is 228 Å². The molecule has 2 nitrogen and oxygen atoms in total. The van der Waals surface area contributed by atoms with E-state index in [1.807, 2.05) is 0 Å². The van der Waals surface area contributed by atoms with Crippen molar-refractivity contribution in [3.63, 3.8) is 0 Å². The Hall–Kier alpha value is -12.4. The maximum atomic E-state index is 2.46. The van der Waals surface area contributed by atoms with Crippen LogP contribution in [0.15, 0.2) is 340 Å². The van der Waals surface area contributed by atoms with Gasteiger partial charge < -0.3 is 9.80 Å². The molecular formula is C99H72N2. The molecule has 101 heavy (non-hydrogen) atoms. The molecular weight excluding hydrogens is 1220 g/mol. The summed E-state index contributed by atoms with van der Waals surface area (Å²) in [5.41, 5.74) is 28.6. The van der Waals surface area contributed by atoms with Crippen molar-refractivity contribution in [3.05, 3.63) is 406 Å². The maximum Gasteiger partial charge on any atom is 0.0713 e. The highest BCUT2D eigenvalue weighted by molar-refractivity contribution is 5.98. The van der Waals surface area contributed by atoms with Gasteiger partial charge in [0.05, 0.1) is 5.41 Å².